The van der Waals surface area contributed by atoms with Gasteiger partial charge in [-0.15, -0.1) is 0 Å². The van der Waals surface area contributed by atoms with Gasteiger partial charge in [0.2, 0.25) is 0 Å². The van der Waals surface area contributed by atoms with Crippen LogP contribution in [0.15, 0.2) is 42.5 Å². The second-order valence-electron chi connectivity index (χ2n) is 7.26. The molecule has 1 heterocycles. The quantitative estimate of drug-likeness (QED) is 0.398. The van der Waals surface area contributed by atoms with Crippen LogP contribution >= 0.6 is 11.6 Å². The van der Waals surface area contributed by atoms with Crippen molar-refractivity contribution in [1.29, 1.82) is 0 Å². The summed E-state index contributed by atoms with van der Waals surface area (Å²) >= 11 is 6.19. The molecule has 0 aliphatic carbocycles. The summed E-state index contributed by atoms with van der Waals surface area (Å²) in [6, 6.07) is 11.5. The van der Waals surface area contributed by atoms with E-state index in [0.29, 0.717) is 23.7 Å². The molecule has 3 rings (SSSR count). The molecule has 6 heteroatoms. The smallest absolute Gasteiger partial charge is 0.254 e. The van der Waals surface area contributed by atoms with Crippen LogP contribution in [0.2, 0.25) is 5.02 Å². The number of carbonyl (C=O) groups excluding carboxylic acids is 1. The lowest BCUT2D eigenvalue weighted by Crippen LogP contribution is -2.32. The van der Waals surface area contributed by atoms with Gasteiger partial charge in [0, 0.05) is 23.7 Å². The van der Waals surface area contributed by atoms with Gasteiger partial charge >= 0.3 is 0 Å². The van der Waals surface area contributed by atoms with Crippen LogP contribution in [0.3, 0.4) is 0 Å². The molecule has 0 bridgehead atoms. The molecule has 1 amide bonds. The Labute approximate surface area is 176 Å². The van der Waals surface area contributed by atoms with Crippen LogP contribution in [-0.4, -0.2) is 26.9 Å². The summed E-state index contributed by atoms with van der Waals surface area (Å²) in [6.07, 6.45) is 3.94. The van der Waals surface area contributed by atoms with Gasteiger partial charge in [-0.1, -0.05) is 44.4 Å². The molecule has 0 unspecified atom stereocenters. The molecule has 0 spiro atoms. The summed E-state index contributed by atoms with van der Waals surface area (Å²) < 4.78 is 15.8. The molecule has 4 nitrogen and oxygen atoms in total. The van der Waals surface area contributed by atoms with Gasteiger partial charge in [-0.3, -0.25) is 4.79 Å². The number of nitrogens with zero attached hydrogens (tertiary/aromatic N) is 3. The van der Waals surface area contributed by atoms with Crippen molar-refractivity contribution in [3.63, 3.8) is 0 Å². The molecule has 0 aliphatic heterocycles. The van der Waals surface area contributed by atoms with Gasteiger partial charge in [0.05, 0.1) is 17.6 Å². The molecule has 0 saturated heterocycles. The second kappa shape index (κ2) is 9.88. The third-order valence-corrected chi connectivity index (χ3v) is 5.19. The van der Waals surface area contributed by atoms with E-state index in [0.717, 1.165) is 49.1 Å². The van der Waals surface area contributed by atoms with Crippen molar-refractivity contribution in [3.8, 4) is 0 Å². The van der Waals surface area contributed by atoms with Crippen molar-refractivity contribution in [2.24, 2.45) is 0 Å². The third kappa shape index (κ3) is 5.15. The highest BCUT2D eigenvalue weighted by Crippen LogP contribution is 2.23. The fraction of sp³-hybridized carbons (Fsp3) is 0.391. The maximum Gasteiger partial charge on any atom is 0.254 e. The van der Waals surface area contributed by atoms with Gasteiger partial charge in [0.1, 0.15) is 11.6 Å². The van der Waals surface area contributed by atoms with Gasteiger partial charge in [0.25, 0.3) is 5.91 Å². The molecule has 1 aromatic heterocycles. The van der Waals surface area contributed by atoms with E-state index in [9.17, 15) is 9.18 Å². The summed E-state index contributed by atoms with van der Waals surface area (Å²) in [5, 5.41) is 0.664. The molecule has 154 valence electrons. The molecular formula is C23H27ClFN3O. The number of aromatic nitrogens is 2. The molecule has 0 fully saturated rings. The number of benzene rings is 2. The summed E-state index contributed by atoms with van der Waals surface area (Å²) in [7, 11) is 0. The lowest BCUT2D eigenvalue weighted by molar-refractivity contribution is 0.0733. The molecule has 29 heavy (non-hydrogen) atoms. The second-order valence-corrected chi connectivity index (χ2v) is 7.69. The number of amides is 1. The van der Waals surface area contributed by atoms with Crippen LogP contribution in [0, 0.1) is 5.82 Å². The molecule has 0 saturated carbocycles. The molecule has 0 radical (unpaired) electrons. The third-order valence-electron chi connectivity index (χ3n) is 4.96. The number of carbonyl (C=O) groups is 1. The van der Waals surface area contributed by atoms with E-state index >= 15 is 0 Å². The fourth-order valence-corrected chi connectivity index (χ4v) is 3.69. The fourth-order valence-electron chi connectivity index (χ4n) is 3.52. The number of hydrogen-bond acceptors (Lipinski definition) is 2. The number of unbranched alkanes of at least 4 members (excludes halogenated alkanes) is 2. The van der Waals surface area contributed by atoms with Gasteiger partial charge in [-0.2, -0.15) is 0 Å². The van der Waals surface area contributed by atoms with Crippen LogP contribution in [0.4, 0.5) is 4.39 Å². The maximum absolute atomic E-state index is 13.7. The number of halogens is 2. The Kier molecular flexibility index (Phi) is 7.26. The molecule has 0 atom stereocenters. The number of imidazole rings is 1. The largest absolute Gasteiger partial charge is 0.331 e. The Morgan fingerprint density at radius 2 is 1.97 bits per heavy atom. The van der Waals surface area contributed by atoms with Crippen molar-refractivity contribution in [2.45, 2.75) is 52.6 Å². The number of aryl methyl sites for hydroxylation is 1. The van der Waals surface area contributed by atoms with E-state index in [1.54, 1.807) is 17.0 Å². The van der Waals surface area contributed by atoms with Crippen molar-refractivity contribution in [3.05, 3.63) is 64.7 Å². The first-order chi connectivity index (χ1) is 14.0. The van der Waals surface area contributed by atoms with E-state index in [1.165, 1.54) is 12.1 Å². The first-order valence-electron chi connectivity index (χ1n) is 10.2. The number of fused-ring (bicyclic) bond motifs is 1. The first-order valence-corrected chi connectivity index (χ1v) is 10.6. The van der Waals surface area contributed by atoms with E-state index in [2.05, 4.69) is 18.4 Å². The van der Waals surface area contributed by atoms with Gasteiger partial charge in [-0.05, 0) is 49.2 Å². The van der Waals surface area contributed by atoms with Crippen molar-refractivity contribution in [1.82, 2.24) is 14.5 Å². The molecule has 3 aromatic rings. The topological polar surface area (TPSA) is 38.1 Å². The Morgan fingerprint density at radius 1 is 1.14 bits per heavy atom. The summed E-state index contributed by atoms with van der Waals surface area (Å²) in [5.41, 5.74) is 2.20. The summed E-state index contributed by atoms with van der Waals surface area (Å²) in [4.78, 5) is 19.7. The Balaban J connectivity index is 1.94. The van der Waals surface area contributed by atoms with Crippen molar-refractivity contribution >= 4 is 28.5 Å². The Bertz CT molecular complexity index is 985. The highest BCUT2D eigenvalue weighted by atomic mass is 35.5. The SMILES string of the molecule is CCCCCN(Cc1nc2ccc(Cl)cc2n1CCC)C(=O)c1cccc(F)c1. The average molecular weight is 416 g/mol. The number of rotatable bonds is 9. The first kappa shape index (κ1) is 21.3. The van der Waals surface area contributed by atoms with E-state index in [4.69, 9.17) is 16.6 Å². The molecule has 0 aliphatic rings. The van der Waals surface area contributed by atoms with E-state index in [1.807, 2.05) is 18.2 Å². The van der Waals surface area contributed by atoms with Crippen molar-refractivity contribution in [2.75, 3.05) is 6.54 Å². The average Bonchev–Trinajstić information content (AvgIpc) is 3.03. The van der Waals surface area contributed by atoms with Crippen LogP contribution in [0.25, 0.3) is 11.0 Å². The standard InChI is InChI=1S/C23H27ClFN3O/c1-3-5-6-13-27(23(29)17-8-7-9-19(25)14-17)16-22-26-20-11-10-18(24)15-21(20)28(22)12-4-2/h7-11,14-15H,3-6,12-13,16H2,1-2H3. The summed E-state index contributed by atoms with van der Waals surface area (Å²) in [6.45, 7) is 6.02. The van der Waals surface area contributed by atoms with Crippen LogP contribution in [0.5, 0.6) is 0 Å². The van der Waals surface area contributed by atoms with Crippen LogP contribution in [-0.2, 0) is 13.1 Å². The minimum atomic E-state index is -0.405. The molecular weight excluding hydrogens is 389 g/mol. The predicted molar refractivity (Wildman–Crippen MR) is 116 cm³/mol. The van der Waals surface area contributed by atoms with Gasteiger partial charge < -0.3 is 9.47 Å². The Morgan fingerprint density at radius 3 is 2.69 bits per heavy atom. The zero-order chi connectivity index (χ0) is 20.8. The van der Waals surface area contributed by atoms with Gasteiger partial charge in [0.15, 0.2) is 0 Å². The highest BCUT2D eigenvalue weighted by Gasteiger charge is 2.20. The molecule has 2 aromatic carbocycles. The predicted octanol–water partition coefficient (Wildman–Crippen LogP) is 6.07. The highest BCUT2D eigenvalue weighted by molar-refractivity contribution is 6.31. The van der Waals surface area contributed by atoms with E-state index in [-0.39, 0.29) is 5.91 Å². The summed E-state index contributed by atoms with van der Waals surface area (Å²) in [5.74, 6) is 0.247. The van der Waals surface area contributed by atoms with Gasteiger partial charge in [-0.25, -0.2) is 9.37 Å². The lowest BCUT2D eigenvalue weighted by atomic mass is 10.1. The Hall–Kier alpha value is -2.40. The van der Waals surface area contributed by atoms with E-state index < -0.39 is 5.82 Å². The monoisotopic (exact) mass is 415 g/mol. The maximum atomic E-state index is 13.7. The van der Waals surface area contributed by atoms with Crippen LogP contribution in [0.1, 0.15) is 55.7 Å². The lowest BCUT2D eigenvalue weighted by Gasteiger charge is -2.23. The zero-order valence-corrected chi connectivity index (χ0v) is 17.8. The zero-order valence-electron chi connectivity index (χ0n) is 17.0. The van der Waals surface area contributed by atoms with Crippen molar-refractivity contribution < 1.29 is 9.18 Å². The minimum Gasteiger partial charge on any atom is -0.331 e. The minimum absolute atomic E-state index is 0.172. The van der Waals surface area contributed by atoms with Crippen LogP contribution < -0.4 is 0 Å². The molecule has 0 N–H and O–H groups in total. The number of hydrogen-bond donors (Lipinski definition) is 0. The normalized spacial score (nSPS) is 11.2.